The normalized spacial score (nSPS) is 20.5. The van der Waals surface area contributed by atoms with Gasteiger partial charge in [0.05, 0.1) is 5.69 Å². The van der Waals surface area contributed by atoms with E-state index in [0.717, 1.165) is 37.1 Å². The van der Waals surface area contributed by atoms with Gasteiger partial charge < -0.3 is 15.5 Å². The molecule has 1 aromatic heterocycles. The summed E-state index contributed by atoms with van der Waals surface area (Å²) in [4.78, 5) is 27.8. The number of aromatic nitrogens is 2. The lowest BCUT2D eigenvalue weighted by molar-refractivity contribution is -0.136. The van der Waals surface area contributed by atoms with Gasteiger partial charge in [0.25, 0.3) is 0 Å². The van der Waals surface area contributed by atoms with Crippen molar-refractivity contribution < 1.29 is 9.59 Å². The first-order valence-electron chi connectivity index (χ1n) is 10.0. The number of nitrogens with two attached hydrogens (primary N) is 1. The average molecular weight is 381 g/mol. The molecule has 28 heavy (non-hydrogen) atoms. The molecular weight excluding hydrogens is 354 g/mol. The lowest BCUT2D eigenvalue weighted by Crippen LogP contribution is -2.51. The lowest BCUT2D eigenvalue weighted by Gasteiger charge is -2.34. The fraction of sp³-hybridized carbons (Fsp3) is 0.476. The van der Waals surface area contributed by atoms with Gasteiger partial charge in [-0.05, 0) is 37.3 Å². The van der Waals surface area contributed by atoms with E-state index in [1.54, 1.807) is 0 Å². The van der Waals surface area contributed by atoms with Crippen molar-refractivity contribution in [1.29, 1.82) is 0 Å². The van der Waals surface area contributed by atoms with Gasteiger partial charge in [-0.25, -0.2) is 4.79 Å². The van der Waals surface area contributed by atoms with Gasteiger partial charge in [0.15, 0.2) is 0 Å². The van der Waals surface area contributed by atoms with Crippen LogP contribution in [-0.2, 0) is 11.2 Å². The van der Waals surface area contributed by atoms with E-state index in [1.165, 1.54) is 10.5 Å². The molecule has 7 heteroatoms. The molecule has 1 aromatic carbocycles. The number of amides is 3. The van der Waals surface area contributed by atoms with Gasteiger partial charge in [-0.2, -0.15) is 5.10 Å². The van der Waals surface area contributed by atoms with Gasteiger partial charge in [-0.15, -0.1) is 0 Å². The predicted molar refractivity (Wildman–Crippen MR) is 106 cm³/mol. The number of rotatable bonds is 4. The Bertz CT molecular complexity index is 826. The SMILES string of the molecule is NC(=O)N1CCCC1C(=O)N1CCC(c2cc(Cc3ccccc3)[nH]n2)CC1. The van der Waals surface area contributed by atoms with Crippen LogP contribution in [0.1, 0.15) is 48.6 Å². The van der Waals surface area contributed by atoms with E-state index in [2.05, 4.69) is 28.4 Å². The first kappa shape index (κ1) is 18.5. The zero-order valence-corrected chi connectivity index (χ0v) is 16.0. The summed E-state index contributed by atoms with van der Waals surface area (Å²) in [5.74, 6) is 0.405. The fourth-order valence-corrected chi connectivity index (χ4v) is 4.39. The van der Waals surface area contributed by atoms with Crippen LogP contribution < -0.4 is 5.73 Å². The number of piperidine rings is 1. The summed E-state index contributed by atoms with van der Waals surface area (Å²) in [5, 5.41) is 7.68. The second-order valence-electron chi connectivity index (χ2n) is 7.77. The third kappa shape index (κ3) is 3.88. The van der Waals surface area contributed by atoms with Crippen LogP contribution in [0.25, 0.3) is 0 Å². The Labute approximate surface area is 164 Å². The van der Waals surface area contributed by atoms with Gasteiger partial charge >= 0.3 is 6.03 Å². The van der Waals surface area contributed by atoms with E-state index < -0.39 is 6.03 Å². The van der Waals surface area contributed by atoms with Gasteiger partial charge in [0.1, 0.15) is 6.04 Å². The van der Waals surface area contributed by atoms with E-state index in [0.29, 0.717) is 32.0 Å². The molecular formula is C21H27N5O2. The molecule has 1 atom stereocenters. The quantitative estimate of drug-likeness (QED) is 0.850. The Kier molecular flexibility index (Phi) is 5.32. The number of likely N-dealkylation sites (tertiary alicyclic amines) is 2. The van der Waals surface area contributed by atoms with E-state index >= 15 is 0 Å². The van der Waals surface area contributed by atoms with Crippen LogP contribution in [0.5, 0.6) is 0 Å². The summed E-state index contributed by atoms with van der Waals surface area (Å²) in [6.45, 7) is 1.99. The highest BCUT2D eigenvalue weighted by atomic mass is 16.2. The third-order valence-corrected chi connectivity index (χ3v) is 5.93. The van der Waals surface area contributed by atoms with Crippen molar-refractivity contribution in [2.45, 2.75) is 44.1 Å². The summed E-state index contributed by atoms with van der Waals surface area (Å²) < 4.78 is 0. The van der Waals surface area contributed by atoms with E-state index in [-0.39, 0.29) is 11.9 Å². The Hall–Kier alpha value is -2.83. The van der Waals surface area contributed by atoms with Crippen LogP contribution in [0.15, 0.2) is 36.4 Å². The van der Waals surface area contributed by atoms with Crippen LogP contribution in [0.2, 0.25) is 0 Å². The smallest absolute Gasteiger partial charge is 0.315 e. The monoisotopic (exact) mass is 381 g/mol. The first-order chi connectivity index (χ1) is 13.6. The molecule has 2 saturated heterocycles. The Morgan fingerprint density at radius 1 is 1.11 bits per heavy atom. The molecule has 1 unspecified atom stereocenters. The zero-order chi connectivity index (χ0) is 19.5. The second kappa shape index (κ2) is 8.04. The Morgan fingerprint density at radius 3 is 2.57 bits per heavy atom. The average Bonchev–Trinajstić information content (AvgIpc) is 3.38. The minimum Gasteiger partial charge on any atom is -0.351 e. The predicted octanol–water partition coefficient (Wildman–Crippen LogP) is 2.25. The maximum Gasteiger partial charge on any atom is 0.315 e. The van der Waals surface area contributed by atoms with E-state index in [4.69, 9.17) is 5.73 Å². The molecule has 0 bridgehead atoms. The van der Waals surface area contributed by atoms with Crippen LogP contribution in [0.3, 0.4) is 0 Å². The standard InChI is InChI=1S/C21H27N5O2/c22-21(28)26-10-4-7-19(26)20(27)25-11-8-16(9-12-25)18-14-17(23-24-18)13-15-5-2-1-3-6-15/h1-3,5-6,14,16,19H,4,7-13H2,(H2,22,28)(H,23,24). The van der Waals surface area contributed by atoms with Crippen molar-refractivity contribution in [2.75, 3.05) is 19.6 Å². The number of primary amides is 1. The number of hydrogen-bond acceptors (Lipinski definition) is 3. The van der Waals surface area contributed by atoms with Gasteiger partial charge in [-0.3, -0.25) is 9.89 Å². The third-order valence-electron chi connectivity index (χ3n) is 5.93. The molecule has 0 saturated carbocycles. The molecule has 3 heterocycles. The van der Waals surface area contributed by atoms with Gasteiger partial charge in [0, 0.05) is 37.7 Å². The van der Waals surface area contributed by atoms with Crippen molar-refractivity contribution in [1.82, 2.24) is 20.0 Å². The van der Waals surface area contributed by atoms with E-state index in [9.17, 15) is 9.59 Å². The molecule has 2 fully saturated rings. The van der Waals surface area contributed by atoms with Crippen molar-refractivity contribution in [3.05, 3.63) is 53.3 Å². The molecule has 3 N–H and O–H groups in total. The van der Waals surface area contributed by atoms with Crippen LogP contribution >= 0.6 is 0 Å². The highest BCUT2D eigenvalue weighted by molar-refractivity contribution is 5.87. The summed E-state index contributed by atoms with van der Waals surface area (Å²) in [7, 11) is 0. The minimum atomic E-state index is -0.492. The minimum absolute atomic E-state index is 0.0431. The number of carbonyl (C=O) groups is 2. The maximum absolute atomic E-state index is 12.8. The summed E-state index contributed by atoms with van der Waals surface area (Å²) in [6, 6.07) is 11.6. The number of hydrogen-bond donors (Lipinski definition) is 2. The van der Waals surface area contributed by atoms with Gasteiger partial charge in [-0.1, -0.05) is 30.3 Å². The summed E-state index contributed by atoms with van der Waals surface area (Å²) in [6.07, 6.45) is 4.18. The van der Waals surface area contributed by atoms with Crippen molar-refractivity contribution >= 4 is 11.9 Å². The molecule has 0 aliphatic carbocycles. The number of benzene rings is 1. The molecule has 2 aliphatic heterocycles. The first-order valence-corrected chi connectivity index (χ1v) is 10.0. The van der Waals surface area contributed by atoms with Crippen LogP contribution in [-0.4, -0.2) is 57.6 Å². The topological polar surface area (TPSA) is 95.3 Å². The number of H-pyrrole nitrogens is 1. The number of carbonyl (C=O) groups excluding carboxylic acids is 2. The Morgan fingerprint density at radius 2 is 1.86 bits per heavy atom. The summed E-state index contributed by atoms with van der Waals surface area (Å²) in [5.41, 5.74) is 8.87. The lowest BCUT2D eigenvalue weighted by atomic mass is 9.92. The second-order valence-corrected chi connectivity index (χ2v) is 7.77. The molecule has 2 aromatic rings. The Balaban J connectivity index is 1.33. The molecule has 2 aliphatic rings. The van der Waals surface area contributed by atoms with Crippen molar-refractivity contribution in [3.63, 3.8) is 0 Å². The van der Waals surface area contributed by atoms with Gasteiger partial charge in [0.2, 0.25) is 5.91 Å². The molecule has 0 radical (unpaired) electrons. The van der Waals surface area contributed by atoms with E-state index in [1.807, 2.05) is 23.1 Å². The molecule has 3 amide bonds. The fourth-order valence-electron chi connectivity index (χ4n) is 4.39. The molecule has 7 nitrogen and oxygen atoms in total. The maximum atomic E-state index is 12.8. The molecule has 4 rings (SSSR count). The number of nitrogens with zero attached hydrogens (tertiary/aromatic N) is 3. The highest BCUT2D eigenvalue weighted by Crippen LogP contribution is 2.29. The number of nitrogens with one attached hydrogen (secondary N) is 1. The number of urea groups is 1. The number of aromatic amines is 1. The highest BCUT2D eigenvalue weighted by Gasteiger charge is 2.37. The zero-order valence-electron chi connectivity index (χ0n) is 16.0. The summed E-state index contributed by atoms with van der Waals surface area (Å²) >= 11 is 0. The van der Waals surface area contributed by atoms with Crippen molar-refractivity contribution in [3.8, 4) is 0 Å². The largest absolute Gasteiger partial charge is 0.351 e. The molecule has 148 valence electrons. The van der Waals surface area contributed by atoms with Crippen LogP contribution in [0.4, 0.5) is 4.79 Å². The van der Waals surface area contributed by atoms with Crippen molar-refractivity contribution in [2.24, 2.45) is 5.73 Å². The van der Waals surface area contributed by atoms with Crippen LogP contribution in [0, 0.1) is 0 Å². The molecule has 0 spiro atoms.